The number of phenols is 1. The van der Waals surface area contributed by atoms with Crippen LogP contribution in [0.25, 0.3) is 0 Å². The molecule has 0 radical (unpaired) electrons. The fourth-order valence-electron chi connectivity index (χ4n) is 1.83. The SMILES string of the molecule is COC(=O)c1ncc(C(F)(F)F)cc1Oc1ccc(OC(F)(F)F)cc1O. The van der Waals surface area contributed by atoms with E-state index in [1.54, 1.807) is 0 Å². The Balaban J connectivity index is 2.41. The van der Waals surface area contributed by atoms with Crippen LogP contribution in [-0.4, -0.2) is 29.5 Å². The number of rotatable bonds is 4. The first-order chi connectivity index (χ1) is 12.4. The van der Waals surface area contributed by atoms with Gasteiger partial charge < -0.3 is 19.3 Å². The van der Waals surface area contributed by atoms with Crippen LogP contribution in [0, 0.1) is 0 Å². The highest BCUT2D eigenvalue weighted by atomic mass is 19.4. The number of pyridine rings is 1. The van der Waals surface area contributed by atoms with Crippen molar-refractivity contribution in [2.24, 2.45) is 0 Å². The summed E-state index contributed by atoms with van der Waals surface area (Å²) in [7, 11) is 0.951. The van der Waals surface area contributed by atoms with Crippen molar-refractivity contribution in [3.8, 4) is 23.0 Å². The fourth-order valence-corrected chi connectivity index (χ4v) is 1.83. The minimum atomic E-state index is -5.02. The monoisotopic (exact) mass is 397 g/mol. The predicted octanol–water partition coefficient (Wildman–Crippen LogP) is 4.28. The zero-order chi connectivity index (χ0) is 20.4. The Bertz CT molecular complexity index is 850. The van der Waals surface area contributed by atoms with Crippen LogP contribution in [0.3, 0.4) is 0 Å². The third kappa shape index (κ3) is 5.15. The van der Waals surface area contributed by atoms with Gasteiger partial charge in [0, 0.05) is 12.3 Å². The number of halogens is 6. The number of carbonyl (C=O) groups excluding carboxylic acids is 1. The summed E-state index contributed by atoms with van der Waals surface area (Å²) in [6, 6.07) is 2.51. The van der Waals surface area contributed by atoms with Crippen molar-refractivity contribution in [3.63, 3.8) is 0 Å². The second kappa shape index (κ2) is 7.21. The lowest BCUT2D eigenvalue weighted by Crippen LogP contribution is -2.17. The summed E-state index contributed by atoms with van der Waals surface area (Å²) in [6.45, 7) is 0. The van der Waals surface area contributed by atoms with Gasteiger partial charge in [0.1, 0.15) is 5.75 Å². The van der Waals surface area contributed by atoms with Crippen LogP contribution in [-0.2, 0) is 10.9 Å². The van der Waals surface area contributed by atoms with Crippen LogP contribution < -0.4 is 9.47 Å². The first kappa shape index (κ1) is 20.1. The van der Waals surface area contributed by atoms with E-state index < -0.39 is 52.8 Å². The molecule has 0 amide bonds. The zero-order valence-electron chi connectivity index (χ0n) is 13.2. The van der Waals surface area contributed by atoms with Crippen LogP contribution in [0.5, 0.6) is 23.0 Å². The molecule has 0 saturated carbocycles. The molecule has 12 heteroatoms. The van der Waals surface area contributed by atoms with Crippen molar-refractivity contribution in [1.82, 2.24) is 4.98 Å². The third-order valence-corrected chi connectivity index (χ3v) is 2.94. The third-order valence-electron chi connectivity index (χ3n) is 2.94. The average Bonchev–Trinajstić information content (AvgIpc) is 2.54. The predicted molar refractivity (Wildman–Crippen MR) is 75.4 cm³/mol. The number of hydrogen-bond donors (Lipinski definition) is 1. The maximum atomic E-state index is 12.8. The number of phenolic OH excluding ortho intramolecular Hbond substituents is 1. The van der Waals surface area contributed by atoms with Crippen molar-refractivity contribution in [1.29, 1.82) is 0 Å². The van der Waals surface area contributed by atoms with Crippen molar-refractivity contribution in [3.05, 3.63) is 41.7 Å². The van der Waals surface area contributed by atoms with Crippen molar-refractivity contribution < 1.29 is 50.5 Å². The Morgan fingerprint density at radius 1 is 1.07 bits per heavy atom. The van der Waals surface area contributed by atoms with E-state index >= 15 is 0 Å². The van der Waals surface area contributed by atoms with Crippen LogP contribution in [0.2, 0.25) is 0 Å². The number of benzene rings is 1. The standard InChI is InChI=1S/C15H9F6NO5/c1-25-13(24)12-11(4-7(6-22-12)14(16,17)18)26-10-3-2-8(5-9(10)23)27-15(19,20)21/h2-6,23H,1H3. The number of aromatic hydroxyl groups is 1. The van der Waals surface area contributed by atoms with Gasteiger partial charge >= 0.3 is 18.5 Å². The van der Waals surface area contributed by atoms with Crippen LogP contribution in [0.4, 0.5) is 26.3 Å². The highest BCUT2D eigenvalue weighted by molar-refractivity contribution is 5.90. The Kier molecular flexibility index (Phi) is 5.38. The van der Waals surface area contributed by atoms with E-state index in [0.717, 1.165) is 19.2 Å². The summed E-state index contributed by atoms with van der Waals surface area (Å²) in [5.41, 5.74) is -1.90. The zero-order valence-corrected chi connectivity index (χ0v) is 13.2. The maximum Gasteiger partial charge on any atom is 0.573 e. The van der Waals surface area contributed by atoms with Gasteiger partial charge in [0.25, 0.3) is 0 Å². The summed E-state index contributed by atoms with van der Waals surface area (Å²) in [4.78, 5) is 15.0. The molecule has 2 aromatic rings. The van der Waals surface area contributed by atoms with Crippen molar-refractivity contribution in [2.75, 3.05) is 7.11 Å². The van der Waals surface area contributed by atoms with E-state index in [2.05, 4.69) is 14.5 Å². The molecule has 0 aliphatic rings. The maximum absolute atomic E-state index is 12.8. The summed E-state index contributed by atoms with van der Waals surface area (Å²) in [6.07, 6.45) is -9.46. The van der Waals surface area contributed by atoms with E-state index in [1.165, 1.54) is 0 Å². The van der Waals surface area contributed by atoms with Gasteiger partial charge in [-0.1, -0.05) is 0 Å². The number of methoxy groups -OCH3 is 1. The van der Waals surface area contributed by atoms with Crippen LogP contribution >= 0.6 is 0 Å². The number of esters is 1. The molecule has 1 heterocycles. The van der Waals surface area contributed by atoms with Gasteiger partial charge in [-0.05, 0) is 18.2 Å². The number of alkyl halides is 6. The summed E-state index contributed by atoms with van der Waals surface area (Å²) >= 11 is 0. The number of hydrogen-bond acceptors (Lipinski definition) is 6. The van der Waals surface area contributed by atoms with Crippen LogP contribution in [0.15, 0.2) is 30.5 Å². The van der Waals surface area contributed by atoms with Crippen LogP contribution in [0.1, 0.15) is 16.1 Å². The minimum absolute atomic E-state index is 0.374. The molecule has 6 nitrogen and oxygen atoms in total. The second-order valence-corrected chi connectivity index (χ2v) is 4.84. The first-order valence-electron chi connectivity index (χ1n) is 6.83. The molecule has 146 valence electrons. The molecule has 0 unspecified atom stereocenters. The highest BCUT2D eigenvalue weighted by Gasteiger charge is 2.34. The molecular formula is C15H9F6NO5. The van der Waals surface area contributed by atoms with E-state index in [-0.39, 0.29) is 0 Å². The molecule has 2 rings (SSSR count). The molecule has 1 aromatic carbocycles. The lowest BCUT2D eigenvalue weighted by atomic mass is 10.2. The average molecular weight is 397 g/mol. The number of aromatic nitrogens is 1. The highest BCUT2D eigenvalue weighted by Crippen LogP contribution is 2.38. The van der Waals surface area contributed by atoms with E-state index in [1.807, 2.05) is 0 Å². The van der Waals surface area contributed by atoms with Gasteiger partial charge in [-0.15, -0.1) is 13.2 Å². The van der Waals surface area contributed by atoms with Gasteiger partial charge in [-0.3, -0.25) is 0 Å². The number of carbonyl (C=O) groups is 1. The Morgan fingerprint density at radius 2 is 1.74 bits per heavy atom. The number of nitrogens with zero attached hydrogens (tertiary/aromatic N) is 1. The smallest absolute Gasteiger partial charge is 0.504 e. The topological polar surface area (TPSA) is 77.9 Å². The van der Waals surface area contributed by atoms with E-state index in [4.69, 9.17) is 4.74 Å². The van der Waals surface area contributed by atoms with Gasteiger partial charge in [-0.2, -0.15) is 13.2 Å². The molecule has 0 spiro atoms. The lowest BCUT2D eigenvalue weighted by molar-refractivity contribution is -0.274. The molecular weight excluding hydrogens is 388 g/mol. The van der Waals surface area contributed by atoms with Gasteiger partial charge in [0.05, 0.1) is 12.7 Å². The fraction of sp³-hybridized carbons (Fsp3) is 0.200. The normalized spacial score (nSPS) is 11.8. The Hall–Kier alpha value is -3.18. The molecule has 1 N–H and O–H groups in total. The summed E-state index contributed by atoms with van der Waals surface area (Å²) < 4.78 is 87.9. The molecule has 0 bridgehead atoms. The molecule has 0 atom stereocenters. The van der Waals surface area contributed by atoms with Crippen molar-refractivity contribution >= 4 is 5.97 Å². The second-order valence-electron chi connectivity index (χ2n) is 4.84. The Labute approximate surface area is 146 Å². The van der Waals surface area contributed by atoms with Gasteiger partial charge in [0.2, 0.25) is 0 Å². The largest absolute Gasteiger partial charge is 0.573 e. The molecule has 0 aliphatic carbocycles. The molecule has 0 saturated heterocycles. The van der Waals surface area contributed by atoms with Gasteiger partial charge in [-0.25, -0.2) is 9.78 Å². The van der Waals surface area contributed by atoms with E-state index in [0.29, 0.717) is 18.3 Å². The quantitative estimate of drug-likeness (QED) is 0.613. The van der Waals surface area contributed by atoms with E-state index in [9.17, 15) is 36.2 Å². The molecule has 0 aliphatic heterocycles. The lowest BCUT2D eigenvalue weighted by Gasteiger charge is -2.14. The minimum Gasteiger partial charge on any atom is -0.504 e. The number of ether oxygens (including phenoxy) is 3. The first-order valence-corrected chi connectivity index (χ1v) is 6.83. The van der Waals surface area contributed by atoms with Crippen molar-refractivity contribution in [2.45, 2.75) is 12.5 Å². The summed E-state index contributed by atoms with van der Waals surface area (Å²) in [5, 5.41) is 9.73. The molecule has 1 aromatic heterocycles. The van der Waals surface area contributed by atoms with Gasteiger partial charge in [0.15, 0.2) is 22.9 Å². The summed E-state index contributed by atoms with van der Waals surface area (Å²) in [5.74, 6) is -4.07. The molecule has 27 heavy (non-hydrogen) atoms. The Morgan fingerprint density at radius 3 is 2.26 bits per heavy atom. The molecule has 0 fully saturated rings.